The van der Waals surface area contributed by atoms with Gasteiger partial charge in [0.05, 0.1) is 32.9 Å². The largest absolute Gasteiger partial charge is 0.308 e. The van der Waals surface area contributed by atoms with E-state index in [1.54, 1.807) is 12.4 Å². The molecule has 0 spiro atoms. The van der Waals surface area contributed by atoms with Crippen LogP contribution in [0.15, 0.2) is 24.5 Å². The van der Waals surface area contributed by atoms with Crippen LogP contribution in [0, 0.1) is 0 Å². The van der Waals surface area contributed by atoms with Crippen LogP contribution in [0.1, 0.15) is 50.2 Å². The number of amides is 1. The average molecular weight is 329 g/mol. The Balaban J connectivity index is 1.80. The molecular weight excluding hydrogens is 312 g/mol. The second-order valence-corrected chi connectivity index (χ2v) is 7.27. The van der Waals surface area contributed by atoms with Crippen molar-refractivity contribution in [2.75, 3.05) is 5.32 Å². The van der Waals surface area contributed by atoms with Gasteiger partial charge in [-0.3, -0.25) is 14.8 Å². The number of anilines is 1. The fraction of sp³-hybridized carbons (Fsp3) is 0.412. The predicted octanol–water partition coefficient (Wildman–Crippen LogP) is 3.22. The van der Waals surface area contributed by atoms with Crippen molar-refractivity contribution in [3.63, 3.8) is 0 Å². The van der Waals surface area contributed by atoms with Crippen LogP contribution in [-0.2, 0) is 15.6 Å². The monoisotopic (exact) mass is 328 g/mol. The molecule has 0 radical (unpaired) electrons. The first kappa shape index (κ1) is 14.6. The average Bonchev–Trinajstić information content (AvgIpc) is 2.70. The minimum atomic E-state index is -0.633. The van der Waals surface area contributed by atoms with E-state index in [1.807, 2.05) is 26.0 Å². The molecule has 0 unspecified atom stereocenters. The van der Waals surface area contributed by atoms with Crippen molar-refractivity contribution in [1.29, 1.82) is 0 Å². The SMILES string of the molecule is CC1(C)C(=O)Nc2nc(C3(c4ccc(Cl)cn4)CCC3)cnc21. The van der Waals surface area contributed by atoms with E-state index in [4.69, 9.17) is 16.6 Å². The van der Waals surface area contributed by atoms with E-state index in [9.17, 15) is 4.79 Å². The lowest BCUT2D eigenvalue weighted by atomic mass is 9.64. The van der Waals surface area contributed by atoms with Gasteiger partial charge in [-0.05, 0) is 38.8 Å². The summed E-state index contributed by atoms with van der Waals surface area (Å²) in [6.45, 7) is 3.73. The molecule has 4 rings (SSSR count). The molecule has 1 aliphatic carbocycles. The van der Waals surface area contributed by atoms with Crippen molar-refractivity contribution in [3.8, 4) is 0 Å². The minimum Gasteiger partial charge on any atom is -0.308 e. The fourth-order valence-electron chi connectivity index (χ4n) is 3.37. The highest BCUT2D eigenvalue weighted by molar-refractivity contribution is 6.30. The highest BCUT2D eigenvalue weighted by Gasteiger charge is 2.46. The zero-order valence-corrected chi connectivity index (χ0v) is 13.8. The third-order valence-corrected chi connectivity index (χ3v) is 5.30. The number of pyridine rings is 1. The Morgan fingerprint density at radius 1 is 1.13 bits per heavy atom. The zero-order chi connectivity index (χ0) is 16.2. The third kappa shape index (κ3) is 1.99. The molecule has 2 aromatic heterocycles. The predicted molar refractivity (Wildman–Crippen MR) is 87.6 cm³/mol. The van der Waals surface area contributed by atoms with E-state index in [2.05, 4.69) is 15.3 Å². The summed E-state index contributed by atoms with van der Waals surface area (Å²) in [5.74, 6) is 0.523. The van der Waals surface area contributed by atoms with Gasteiger partial charge in [0.1, 0.15) is 0 Å². The number of carbonyl (C=O) groups is 1. The highest BCUT2D eigenvalue weighted by atomic mass is 35.5. The number of carbonyl (C=O) groups excluding carboxylic acids is 1. The number of hydrogen-bond donors (Lipinski definition) is 1. The van der Waals surface area contributed by atoms with Crippen molar-refractivity contribution >= 4 is 23.3 Å². The van der Waals surface area contributed by atoms with E-state index >= 15 is 0 Å². The van der Waals surface area contributed by atoms with Gasteiger partial charge in [-0.1, -0.05) is 18.0 Å². The van der Waals surface area contributed by atoms with Crippen LogP contribution in [0.4, 0.5) is 5.82 Å². The topological polar surface area (TPSA) is 67.8 Å². The van der Waals surface area contributed by atoms with E-state index < -0.39 is 5.41 Å². The first-order valence-corrected chi connectivity index (χ1v) is 8.13. The van der Waals surface area contributed by atoms with Crippen molar-refractivity contribution in [3.05, 3.63) is 46.6 Å². The maximum absolute atomic E-state index is 12.1. The Bertz CT molecular complexity index is 797. The first-order valence-electron chi connectivity index (χ1n) is 7.75. The standard InChI is InChI=1S/C17H17ClN4O/c1-16(2)13-14(22-15(16)23)21-12(9-20-13)17(6-3-7-17)11-5-4-10(18)8-19-11/h4-5,8-9H,3,6-7H2,1-2H3,(H,21,22,23). The minimum absolute atomic E-state index is 0.0584. The van der Waals surface area contributed by atoms with Gasteiger partial charge in [-0.15, -0.1) is 0 Å². The van der Waals surface area contributed by atoms with E-state index in [1.165, 1.54) is 0 Å². The van der Waals surface area contributed by atoms with Crippen LogP contribution in [-0.4, -0.2) is 20.9 Å². The number of halogens is 1. The van der Waals surface area contributed by atoms with Crippen molar-refractivity contribution in [2.45, 2.75) is 43.9 Å². The molecule has 1 amide bonds. The van der Waals surface area contributed by atoms with Crippen molar-refractivity contribution in [1.82, 2.24) is 15.0 Å². The van der Waals surface area contributed by atoms with E-state index in [-0.39, 0.29) is 11.3 Å². The molecule has 1 fully saturated rings. The Hall–Kier alpha value is -2.01. The molecule has 0 aromatic carbocycles. The van der Waals surface area contributed by atoms with Crippen LogP contribution >= 0.6 is 11.6 Å². The van der Waals surface area contributed by atoms with E-state index in [0.717, 1.165) is 30.7 Å². The Morgan fingerprint density at radius 2 is 1.91 bits per heavy atom. The van der Waals surface area contributed by atoms with Crippen molar-refractivity contribution in [2.24, 2.45) is 0 Å². The molecule has 0 atom stereocenters. The van der Waals surface area contributed by atoms with Gasteiger partial charge in [-0.2, -0.15) is 0 Å². The highest BCUT2D eigenvalue weighted by Crippen LogP contribution is 2.48. The summed E-state index contributed by atoms with van der Waals surface area (Å²) in [6.07, 6.45) is 6.55. The van der Waals surface area contributed by atoms with Crippen LogP contribution < -0.4 is 5.32 Å². The maximum Gasteiger partial charge on any atom is 0.237 e. The summed E-state index contributed by atoms with van der Waals surface area (Å²) in [7, 11) is 0. The summed E-state index contributed by atoms with van der Waals surface area (Å²) in [4.78, 5) is 25.9. The molecule has 1 N–H and O–H groups in total. The Kier molecular flexibility index (Phi) is 3.00. The molecule has 2 aliphatic rings. The lowest BCUT2D eigenvalue weighted by molar-refractivity contribution is -0.119. The third-order valence-electron chi connectivity index (χ3n) is 5.08. The molecule has 2 aromatic rings. The molecule has 3 heterocycles. The second kappa shape index (κ2) is 4.74. The number of nitrogens with zero attached hydrogens (tertiary/aromatic N) is 3. The molecular formula is C17H17ClN4O. The summed E-state index contributed by atoms with van der Waals surface area (Å²) in [5, 5.41) is 3.48. The lowest BCUT2D eigenvalue weighted by Crippen LogP contribution is -2.37. The smallest absolute Gasteiger partial charge is 0.237 e. The summed E-state index contributed by atoms with van der Waals surface area (Å²) in [5.41, 5.74) is 1.70. The van der Waals surface area contributed by atoms with Crippen molar-refractivity contribution < 1.29 is 4.79 Å². The van der Waals surface area contributed by atoms with Crippen LogP contribution in [0.5, 0.6) is 0 Å². The molecule has 0 saturated heterocycles. The van der Waals surface area contributed by atoms with Gasteiger partial charge in [-0.25, -0.2) is 4.98 Å². The molecule has 5 nitrogen and oxygen atoms in total. The Morgan fingerprint density at radius 3 is 2.52 bits per heavy atom. The van der Waals surface area contributed by atoms with Crippen LogP contribution in [0.2, 0.25) is 5.02 Å². The second-order valence-electron chi connectivity index (χ2n) is 6.83. The summed E-state index contributed by atoms with van der Waals surface area (Å²) in [6, 6.07) is 3.81. The number of fused-ring (bicyclic) bond motifs is 1. The molecule has 0 bridgehead atoms. The number of aromatic nitrogens is 3. The maximum atomic E-state index is 12.1. The van der Waals surface area contributed by atoms with Gasteiger partial charge in [0.2, 0.25) is 5.91 Å². The summed E-state index contributed by atoms with van der Waals surface area (Å²) >= 11 is 5.96. The molecule has 6 heteroatoms. The molecule has 23 heavy (non-hydrogen) atoms. The summed E-state index contributed by atoms with van der Waals surface area (Å²) < 4.78 is 0. The molecule has 1 saturated carbocycles. The van der Waals surface area contributed by atoms with Gasteiger partial charge in [0.15, 0.2) is 5.82 Å². The number of hydrogen-bond acceptors (Lipinski definition) is 4. The van der Waals surface area contributed by atoms with Gasteiger partial charge < -0.3 is 5.32 Å². The fourth-order valence-corrected chi connectivity index (χ4v) is 3.48. The van der Waals surface area contributed by atoms with Gasteiger partial charge in [0, 0.05) is 12.4 Å². The zero-order valence-electron chi connectivity index (χ0n) is 13.1. The molecule has 1 aliphatic heterocycles. The molecule has 118 valence electrons. The lowest BCUT2D eigenvalue weighted by Gasteiger charge is -2.40. The van der Waals surface area contributed by atoms with Crippen LogP contribution in [0.3, 0.4) is 0 Å². The van der Waals surface area contributed by atoms with Gasteiger partial charge in [0.25, 0.3) is 0 Å². The van der Waals surface area contributed by atoms with E-state index in [0.29, 0.717) is 16.5 Å². The quantitative estimate of drug-likeness (QED) is 0.919. The van der Waals surface area contributed by atoms with Gasteiger partial charge >= 0.3 is 0 Å². The first-order chi connectivity index (χ1) is 10.9. The number of nitrogens with one attached hydrogen (secondary N) is 1. The normalized spacial score (nSPS) is 20.6. The number of rotatable bonds is 2. The Labute approximate surface area is 139 Å². The van der Waals surface area contributed by atoms with Crippen LogP contribution in [0.25, 0.3) is 0 Å².